The van der Waals surface area contributed by atoms with E-state index in [1.54, 1.807) is 0 Å². The molecule has 4 heteroatoms. The van der Waals surface area contributed by atoms with E-state index in [2.05, 4.69) is 124 Å². The molecule has 0 heterocycles. The van der Waals surface area contributed by atoms with Crippen LogP contribution >= 0.6 is 15.9 Å². The van der Waals surface area contributed by atoms with Gasteiger partial charge in [-0.2, -0.15) is 0 Å². The van der Waals surface area contributed by atoms with Crippen LogP contribution in [0.5, 0.6) is 0 Å². The average Bonchev–Trinajstić information content (AvgIpc) is 2.89. The summed E-state index contributed by atoms with van der Waals surface area (Å²) in [5.41, 5.74) is 4.36. The molecule has 0 spiro atoms. The molecule has 0 bridgehead atoms. The maximum atomic E-state index is 11.6. The van der Waals surface area contributed by atoms with Crippen LogP contribution in [-0.2, 0) is 16.0 Å². The second-order valence-corrected chi connectivity index (χ2v) is 9.13. The quantitative estimate of drug-likeness (QED) is 0.170. The highest BCUT2D eigenvalue weighted by Crippen LogP contribution is 2.42. The molecule has 0 aliphatic carbocycles. The van der Waals surface area contributed by atoms with E-state index in [0.717, 1.165) is 27.1 Å². The molecule has 0 saturated carbocycles. The molecule has 5 aromatic carbocycles. The normalized spacial score (nSPS) is 11.0. The Balaban J connectivity index is 1.66. The summed E-state index contributed by atoms with van der Waals surface area (Å²) in [6, 6.07) is 36.2. The minimum Gasteiger partial charge on any atom is -0.469 e. The smallest absolute Gasteiger partial charge is 0.305 e. The molecule has 0 unspecified atom stereocenters. The third-order valence-corrected chi connectivity index (χ3v) is 6.64. The number of nitrogens with zero attached hydrogens (tertiary/aromatic N) is 1. The highest BCUT2D eigenvalue weighted by molar-refractivity contribution is 9.10. The zero-order chi connectivity index (χ0) is 23.5. The molecule has 0 aromatic heterocycles. The van der Waals surface area contributed by atoms with Gasteiger partial charge in [-0.1, -0.05) is 76.6 Å². The molecule has 5 aromatic rings. The van der Waals surface area contributed by atoms with Crippen LogP contribution < -0.4 is 4.90 Å². The molecule has 34 heavy (non-hydrogen) atoms. The van der Waals surface area contributed by atoms with Crippen molar-refractivity contribution in [1.82, 2.24) is 0 Å². The van der Waals surface area contributed by atoms with E-state index in [1.807, 2.05) is 0 Å². The van der Waals surface area contributed by atoms with Crippen molar-refractivity contribution in [2.75, 3.05) is 12.0 Å². The molecule has 0 saturated heterocycles. The van der Waals surface area contributed by atoms with Crippen molar-refractivity contribution in [3.05, 3.63) is 113 Å². The lowest BCUT2D eigenvalue weighted by Crippen LogP contribution is -2.11. The number of aryl methyl sites for hydroxylation is 1. The molecular formula is C30H24BrNO2. The van der Waals surface area contributed by atoms with Crippen LogP contribution in [0.3, 0.4) is 0 Å². The molecule has 3 nitrogen and oxygen atoms in total. The number of rotatable bonds is 6. The molecule has 5 rings (SSSR count). The lowest BCUT2D eigenvalue weighted by Gasteiger charge is -2.28. The predicted molar refractivity (Wildman–Crippen MR) is 144 cm³/mol. The summed E-state index contributed by atoms with van der Waals surface area (Å²) in [4.78, 5) is 13.9. The second-order valence-electron chi connectivity index (χ2n) is 8.22. The fraction of sp³-hybridized carbons (Fsp3) is 0.100. The Morgan fingerprint density at radius 2 is 1.35 bits per heavy atom. The van der Waals surface area contributed by atoms with Gasteiger partial charge in [0.25, 0.3) is 0 Å². The number of anilines is 3. The van der Waals surface area contributed by atoms with E-state index < -0.39 is 0 Å². The molecule has 0 fully saturated rings. The summed E-state index contributed by atoms with van der Waals surface area (Å²) >= 11 is 3.57. The molecule has 0 aliphatic heterocycles. The van der Waals surface area contributed by atoms with Crippen LogP contribution in [0.1, 0.15) is 12.0 Å². The minimum atomic E-state index is -0.191. The standard InChI is InChI=1S/C30H24BrNO2/c1-34-30(33)19-12-21-10-15-24(16-11-21)32(25-17-13-23(31)14-18-25)29-20-22-6-2-3-7-26(22)27-8-4-5-9-28(27)29/h2-11,13-18,20H,12,19H2,1H3. The first-order valence-corrected chi connectivity index (χ1v) is 12.1. The van der Waals surface area contributed by atoms with Gasteiger partial charge in [0, 0.05) is 27.7 Å². The maximum Gasteiger partial charge on any atom is 0.305 e. The van der Waals surface area contributed by atoms with Crippen LogP contribution in [-0.4, -0.2) is 13.1 Å². The molecule has 0 N–H and O–H groups in total. The number of hydrogen-bond acceptors (Lipinski definition) is 3. The van der Waals surface area contributed by atoms with Gasteiger partial charge in [0.15, 0.2) is 0 Å². The summed E-state index contributed by atoms with van der Waals surface area (Å²) in [6.45, 7) is 0. The summed E-state index contributed by atoms with van der Waals surface area (Å²) in [6.07, 6.45) is 1.03. The SMILES string of the molecule is COC(=O)CCc1ccc(N(c2ccc(Br)cc2)c2cc3ccccc3c3ccccc23)cc1. The third kappa shape index (κ3) is 4.42. The van der Waals surface area contributed by atoms with Gasteiger partial charge in [-0.25, -0.2) is 0 Å². The van der Waals surface area contributed by atoms with Crippen molar-refractivity contribution in [1.29, 1.82) is 0 Å². The van der Waals surface area contributed by atoms with Crippen LogP contribution in [0.25, 0.3) is 21.5 Å². The maximum absolute atomic E-state index is 11.6. The fourth-order valence-electron chi connectivity index (χ4n) is 4.40. The molecule has 0 amide bonds. The lowest BCUT2D eigenvalue weighted by atomic mass is 9.99. The zero-order valence-electron chi connectivity index (χ0n) is 18.9. The Bertz CT molecular complexity index is 1460. The first-order valence-electron chi connectivity index (χ1n) is 11.3. The number of carbonyl (C=O) groups is 1. The molecule has 168 valence electrons. The second kappa shape index (κ2) is 9.70. The number of fused-ring (bicyclic) bond motifs is 3. The van der Waals surface area contributed by atoms with E-state index in [0.29, 0.717) is 12.8 Å². The highest BCUT2D eigenvalue weighted by atomic mass is 79.9. The van der Waals surface area contributed by atoms with Gasteiger partial charge >= 0.3 is 5.97 Å². The van der Waals surface area contributed by atoms with Crippen molar-refractivity contribution in [2.45, 2.75) is 12.8 Å². The lowest BCUT2D eigenvalue weighted by molar-refractivity contribution is -0.140. The largest absolute Gasteiger partial charge is 0.469 e. The Kier molecular flexibility index (Phi) is 6.33. The van der Waals surface area contributed by atoms with Crippen molar-refractivity contribution in [3.63, 3.8) is 0 Å². The van der Waals surface area contributed by atoms with Gasteiger partial charge in [0.2, 0.25) is 0 Å². The zero-order valence-corrected chi connectivity index (χ0v) is 20.5. The van der Waals surface area contributed by atoms with Crippen molar-refractivity contribution < 1.29 is 9.53 Å². The van der Waals surface area contributed by atoms with E-state index in [9.17, 15) is 4.79 Å². The number of carbonyl (C=O) groups excluding carboxylic acids is 1. The topological polar surface area (TPSA) is 29.5 Å². The van der Waals surface area contributed by atoms with Gasteiger partial charge in [-0.3, -0.25) is 4.79 Å². The van der Waals surface area contributed by atoms with Crippen molar-refractivity contribution in [3.8, 4) is 0 Å². The summed E-state index contributed by atoms with van der Waals surface area (Å²) in [5, 5.41) is 4.87. The van der Waals surface area contributed by atoms with Gasteiger partial charge in [0.05, 0.1) is 12.8 Å². The van der Waals surface area contributed by atoms with Gasteiger partial charge < -0.3 is 9.64 Å². The third-order valence-electron chi connectivity index (χ3n) is 6.11. The average molecular weight is 510 g/mol. The summed E-state index contributed by atoms with van der Waals surface area (Å²) in [5.74, 6) is -0.191. The Morgan fingerprint density at radius 1 is 0.765 bits per heavy atom. The number of ether oxygens (including phenoxy) is 1. The summed E-state index contributed by atoms with van der Waals surface area (Å²) in [7, 11) is 1.43. The van der Waals surface area contributed by atoms with Crippen molar-refractivity contribution >= 4 is 60.5 Å². The molecule has 0 atom stereocenters. The van der Waals surface area contributed by atoms with Gasteiger partial charge in [-0.15, -0.1) is 0 Å². The number of esters is 1. The Labute approximate surface area is 207 Å². The van der Waals surface area contributed by atoms with Crippen LogP contribution in [0.15, 0.2) is 108 Å². The molecular weight excluding hydrogens is 486 g/mol. The first kappa shape index (κ1) is 22.2. The van der Waals surface area contributed by atoms with Gasteiger partial charge in [0.1, 0.15) is 0 Å². The Hall–Kier alpha value is -3.63. The Morgan fingerprint density at radius 3 is 2.03 bits per heavy atom. The minimum absolute atomic E-state index is 0.191. The number of halogens is 1. The van der Waals surface area contributed by atoms with Gasteiger partial charge in [-0.05, 0) is 70.6 Å². The highest BCUT2D eigenvalue weighted by Gasteiger charge is 2.17. The predicted octanol–water partition coefficient (Wildman–Crippen LogP) is 8.33. The van der Waals surface area contributed by atoms with E-state index in [4.69, 9.17) is 4.74 Å². The number of hydrogen-bond donors (Lipinski definition) is 0. The summed E-state index contributed by atoms with van der Waals surface area (Å²) < 4.78 is 5.82. The molecule has 0 radical (unpaired) electrons. The number of benzene rings is 5. The van der Waals surface area contributed by atoms with Crippen molar-refractivity contribution in [2.24, 2.45) is 0 Å². The van der Waals surface area contributed by atoms with E-state index in [1.165, 1.54) is 28.7 Å². The van der Waals surface area contributed by atoms with E-state index >= 15 is 0 Å². The fourth-order valence-corrected chi connectivity index (χ4v) is 4.66. The van der Waals surface area contributed by atoms with Crippen LogP contribution in [0, 0.1) is 0 Å². The van der Waals surface area contributed by atoms with E-state index in [-0.39, 0.29) is 5.97 Å². The monoisotopic (exact) mass is 509 g/mol. The number of methoxy groups -OCH3 is 1. The first-order chi connectivity index (χ1) is 16.6. The van der Waals surface area contributed by atoms with Crippen LogP contribution in [0.2, 0.25) is 0 Å². The molecule has 0 aliphatic rings. The van der Waals surface area contributed by atoms with Crippen LogP contribution in [0.4, 0.5) is 17.1 Å².